The van der Waals surface area contributed by atoms with Gasteiger partial charge in [0.1, 0.15) is 6.04 Å². The second kappa shape index (κ2) is 10.2. The lowest BCUT2D eigenvalue weighted by molar-refractivity contribution is -0.129. The molecule has 0 aliphatic carbocycles. The predicted octanol–water partition coefficient (Wildman–Crippen LogP) is 1.58. The van der Waals surface area contributed by atoms with Crippen molar-refractivity contribution in [2.75, 3.05) is 5.75 Å². The highest BCUT2D eigenvalue weighted by Gasteiger charge is 2.42. The van der Waals surface area contributed by atoms with Crippen LogP contribution in [0.15, 0.2) is 42.5 Å². The van der Waals surface area contributed by atoms with Crippen LogP contribution in [0.2, 0.25) is 0 Å². The van der Waals surface area contributed by atoms with Crippen LogP contribution in [0, 0.1) is 0 Å². The van der Waals surface area contributed by atoms with Gasteiger partial charge in [0, 0.05) is 23.8 Å². The molecule has 6 N–H and O–H groups in total. The number of fused-ring (bicyclic) bond motifs is 2. The minimum atomic E-state index is -0.723. The molecule has 2 aliphatic rings. The van der Waals surface area contributed by atoms with E-state index < -0.39 is 11.9 Å². The van der Waals surface area contributed by atoms with Crippen LogP contribution in [-0.2, 0) is 16.0 Å². The molecule has 1 unspecified atom stereocenters. The van der Waals surface area contributed by atoms with Gasteiger partial charge >= 0.3 is 6.03 Å². The van der Waals surface area contributed by atoms with Gasteiger partial charge in [0.25, 0.3) is 5.91 Å². The minimum Gasteiger partial charge on any atom is -0.344 e. The molecule has 2 fully saturated rings. The molecule has 0 saturated carbocycles. The van der Waals surface area contributed by atoms with Gasteiger partial charge in [0.15, 0.2) is 0 Å². The molecular weight excluding hydrogens is 426 g/mol. The van der Waals surface area contributed by atoms with E-state index in [4.69, 9.17) is 5.84 Å². The Balaban J connectivity index is 1.25. The lowest BCUT2D eigenvalue weighted by Crippen LogP contribution is -2.50. The van der Waals surface area contributed by atoms with E-state index in [9.17, 15) is 14.4 Å². The molecule has 2 saturated heterocycles. The molecule has 8 nitrogen and oxygen atoms in total. The number of nitrogens with one attached hydrogen (secondary N) is 4. The fourth-order valence-electron chi connectivity index (χ4n) is 4.45. The molecule has 9 heteroatoms. The standard InChI is InChI=1S/C23H29N5O3S/c24-28-22(30)17(12-14-9-10-15-5-1-2-6-16(15)11-14)25-20(29)8-4-3-7-19-21-18(13-32-19)26-23(31)27-21/h1-2,5-6,9-11,17-19,21H,3-4,7-8,12-13,24H2,(H,25,29)(H,28,30)(H2,26,27,31)/t17?,18-,19-,21-/m0/s1. The number of rotatable bonds is 9. The Morgan fingerprint density at radius 1 is 1.12 bits per heavy atom. The third-order valence-corrected chi connectivity index (χ3v) is 7.64. The highest BCUT2D eigenvalue weighted by Crippen LogP contribution is 2.33. The molecule has 0 bridgehead atoms. The van der Waals surface area contributed by atoms with E-state index in [0.29, 0.717) is 18.1 Å². The van der Waals surface area contributed by atoms with Gasteiger partial charge in [-0.05, 0) is 29.2 Å². The minimum absolute atomic E-state index is 0.0830. The number of amides is 4. The molecule has 2 heterocycles. The number of hydrogen-bond donors (Lipinski definition) is 5. The summed E-state index contributed by atoms with van der Waals surface area (Å²) >= 11 is 1.87. The van der Waals surface area contributed by atoms with Crippen molar-refractivity contribution in [1.29, 1.82) is 0 Å². The average Bonchev–Trinajstić information content (AvgIpc) is 3.35. The van der Waals surface area contributed by atoms with Gasteiger partial charge in [-0.2, -0.15) is 11.8 Å². The summed E-state index contributed by atoms with van der Waals surface area (Å²) in [5.74, 6) is 5.71. The first kappa shape index (κ1) is 22.4. The molecule has 2 aromatic carbocycles. The zero-order chi connectivity index (χ0) is 22.5. The Labute approximate surface area is 191 Å². The summed E-state index contributed by atoms with van der Waals surface area (Å²) in [5, 5.41) is 11.4. The zero-order valence-electron chi connectivity index (χ0n) is 17.8. The van der Waals surface area contributed by atoms with Gasteiger partial charge in [0.2, 0.25) is 5.91 Å². The molecule has 32 heavy (non-hydrogen) atoms. The van der Waals surface area contributed by atoms with Crippen LogP contribution in [0.3, 0.4) is 0 Å². The number of urea groups is 1. The van der Waals surface area contributed by atoms with Gasteiger partial charge in [-0.25, -0.2) is 10.6 Å². The Kier molecular flexibility index (Phi) is 7.16. The quantitative estimate of drug-likeness (QED) is 0.129. The van der Waals surface area contributed by atoms with Crippen molar-refractivity contribution in [3.8, 4) is 0 Å². The fourth-order valence-corrected chi connectivity index (χ4v) is 6.00. The summed E-state index contributed by atoms with van der Waals surface area (Å²) in [6, 6.07) is 13.6. The van der Waals surface area contributed by atoms with Crippen molar-refractivity contribution in [3.05, 3.63) is 48.0 Å². The van der Waals surface area contributed by atoms with Gasteiger partial charge < -0.3 is 16.0 Å². The topological polar surface area (TPSA) is 125 Å². The summed E-state index contributed by atoms with van der Waals surface area (Å²) < 4.78 is 0. The molecule has 4 amide bonds. The first-order chi connectivity index (χ1) is 15.5. The number of carbonyl (C=O) groups is 3. The van der Waals surface area contributed by atoms with Gasteiger partial charge in [-0.3, -0.25) is 15.0 Å². The summed E-state index contributed by atoms with van der Waals surface area (Å²) in [6.45, 7) is 0. The third-order valence-electron chi connectivity index (χ3n) is 6.13. The Morgan fingerprint density at radius 3 is 2.75 bits per heavy atom. The highest BCUT2D eigenvalue weighted by atomic mass is 32.2. The van der Waals surface area contributed by atoms with Crippen molar-refractivity contribution in [3.63, 3.8) is 0 Å². The molecule has 0 aromatic heterocycles. The second-order valence-electron chi connectivity index (χ2n) is 8.38. The molecule has 0 radical (unpaired) electrons. The molecular formula is C23H29N5O3S. The number of hydrogen-bond acceptors (Lipinski definition) is 5. The fraction of sp³-hybridized carbons (Fsp3) is 0.435. The van der Waals surface area contributed by atoms with Crippen LogP contribution in [-0.4, -0.2) is 47.0 Å². The van der Waals surface area contributed by atoms with E-state index in [-0.39, 0.29) is 24.0 Å². The number of carbonyl (C=O) groups excluding carboxylic acids is 3. The number of benzene rings is 2. The zero-order valence-corrected chi connectivity index (χ0v) is 18.6. The van der Waals surface area contributed by atoms with Gasteiger partial charge in [-0.15, -0.1) is 0 Å². The first-order valence-corrected chi connectivity index (χ1v) is 12.0. The number of nitrogens with two attached hydrogens (primary N) is 1. The van der Waals surface area contributed by atoms with Crippen LogP contribution < -0.4 is 27.2 Å². The molecule has 2 aromatic rings. The van der Waals surface area contributed by atoms with E-state index in [1.165, 1.54) is 0 Å². The maximum absolute atomic E-state index is 12.5. The van der Waals surface area contributed by atoms with Crippen LogP contribution in [0.1, 0.15) is 31.2 Å². The van der Waals surface area contributed by atoms with Crippen molar-refractivity contribution < 1.29 is 14.4 Å². The van der Waals surface area contributed by atoms with Crippen molar-refractivity contribution in [2.45, 2.75) is 55.5 Å². The first-order valence-electron chi connectivity index (χ1n) is 11.0. The summed E-state index contributed by atoms with van der Waals surface area (Å²) in [7, 11) is 0. The maximum Gasteiger partial charge on any atom is 0.315 e. The van der Waals surface area contributed by atoms with Crippen molar-refractivity contribution >= 4 is 40.4 Å². The SMILES string of the molecule is NNC(=O)C(Cc1ccc2ccccc2c1)NC(=O)CCCC[C@@H]1SC[C@@H]2NC(=O)N[C@@H]21. The Morgan fingerprint density at radius 2 is 1.94 bits per heavy atom. The Hall–Kier alpha value is -2.78. The van der Waals surface area contributed by atoms with E-state index in [1.807, 2.05) is 54.2 Å². The molecule has 4 atom stereocenters. The number of hydrazine groups is 1. The Bertz CT molecular complexity index is 1000. The van der Waals surface area contributed by atoms with Gasteiger partial charge in [0.05, 0.1) is 12.1 Å². The lowest BCUT2D eigenvalue weighted by atomic mass is 10.0. The largest absolute Gasteiger partial charge is 0.344 e. The summed E-state index contributed by atoms with van der Waals surface area (Å²) in [4.78, 5) is 36.2. The van der Waals surface area contributed by atoms with Crippen molar-refractivity contribution in [1.82, 2.24) is 21.4 Å². The molecule has 2 aliphatic heterocycles. The monoisotopic (exact) mass is 455 g/mol. The van der Waals surface area contributed by atoms with Crippen LogP contribution in [0.5, 0.6) is 0 Å². The van der Waals surface area contributed by atoms with Crippen molar-refractivity contribution in [2.24, 2.45) is 5.84 Å². The van der Waals surface area contributed by atoms with Crippen LogP contribution in [0.25, 0.3) is 10.8 Å². The van der Waals surface area contributed by atoms with E-state index in [1.54, 1.807) is 0 Å². The lowest BCUT2D eigenvalue weighted by Gasteiger charge is -2.18. The van der Waals surface area contributed by atoms with Crippen LogP contribution >= 0.6 is 11.8 Å². The van der Waals surface area contributed by atoms with E-state index in [0.717, 1.165) is 41.4 Å². The normalized spacial score (nSPS) is 22.7. The summed E-state index contributed by atoms with van der Waals surface area (Å²) in [5.41, 5.74) is 3.12. The average molecular weight is 456 g/mol. The van der Waals surface area contributed by atoms with E-state index >= 15 is 0 Å². The number of unbranched alkanes of at least 4 members (excludes halogenated alkanes) is 1. The van der Waals surface area contributed by atoms with E-state index in [2.05, 4.69) is 21.4 Å². The second-order valence-corrected chi connectivity index (χ2v) is 9.65. The maximum atomic E-state index is 12.5. The molecule has 170 valence electrons. The predicted molar refractivity (Wildman–Crippen MR) is 126 cm³/mol. The molecule has 0 spiro atoms. The summed E-state index contributed by atoms with van der Waals surface area (Å²) in [6.07, 6.45) is 3.29. The van der Waals surface area contributed by atoms with Crippen LogP contribution in [0.4, 0.5) is 4.79 Å². The molecule has 4 rings (SSSR count). The smallest absolute Gasteiger partial charge is 0.315 e. The third kappa shape index (κ3) is 5.34. The highest BCUT2D eigenvalue weighted by molar-refractivity contribution is 8.00. The number of thioether (sulfide) groups is 1. The van der Waals surface area contributed by atoms with Gasteiger partial charge in [-0.1, -0.05) is 48.9 Å².